The number of aliphatic hydroxyl groups excluding tert-OH is 1. The second-order valence-electron chi connectivity index (χ2n) is 8.16. The van der Waals surface area contributed by atoms with Gasteiger partial charge in [-0.1, -0.05) is 20.8 Å². The molecule has 4 atom stereocenters. The first-order valence-corrected chi connectivity index (χ1v) is 13.4. The van der Waals surface area contributed by atoms with Crippen LogP contribution in [0.25, 0.3) is 0 Å². The van der Waals surface area contributed by atoms with E-state index in [0.717, 1.165) is 19.0 Å². The summed E-state index contributed by atoms with van der Waals surface area (Å²) >= 11 is 1.70. The van der Waals surface area contributed by atoms with Gasteiger partial charge in [0.25, 0.3) is 0 Å². The van der Waals surface area contributed by atoms with E-state index in [0.29, 0.717) is 18.8 Å². The predicted molar refractivity (Wildman–Crippen MR) is 108 cm³/mol. The normalized spacial score (nSPS) is 23.3. The van der Waals surface area contributed by atoms with Gasteiger partial charge in [-0.05, 0) is 37.8 Å². The van der Waals surface area contributed by atoms with Gasteiger partial charge in [0.1, 0.15) is 0 Å². The van der Waals surface area contributed by atoms with Crippen LogP contribution in [0.3, 0.4) is 0 Å². The topological polar surface area (TPSA) is 67.8 Å². The van der Waals surface area contributed by atoms with Crippen LogP contribution in [0.4, 0.5) is 0 Å². The van der Waals surface area contributed by atoms with E-state index in [-0.39, 0.29) is 29.2 Å². The van der Waals surface area contributed by atoms with Crippen LogP contribution < -0.4 is 5.32 Å². The number of hydrogen-bond acceptors (Lipinski definition) is 5. The Morgan fingerprint density at radius 1 is 1.36 bits per heavy atom. The van der Waals surface area contributed by atoms with Crippen molar-refractivity contribution in [1.29, 1.82) is 0 Å². The van der Waals surface area contributed by atoms with Crippen molar-refractivity contribution in [2.75, 3.05) is 31.3 Å². The van der Waals surface area contributed by atoms with Crippen molar-refractivity contribution in [1.82, 2.24) is 5.32 Å². The van der Waals surface area contributed by atoms with Crippen molar-refractivity contribution in [2.45, 2.75) is 59.4 Å². The highest BCUT2D eigenvalue weighted by atomic mass is 32.2. The number of carbonyl (C=O) groups is 1. The smallest absolute Gasteiger partial charge is 0.225 e. The van der Waals surface area contributed by atoms with Crippen molar-refractivity contribution < 1.29 is 19.1 Å². The summed E-state index contributed by atoms with van der Waals surface area (Å²) in [5, 5.41) is 13.3. The summed E-state index contributed by atoms with van der Waals surface area (Å²) in [5.41, 5.74) is 0.00115. The lowest BCUT2D eigenvalue weighted by molar-refractivity contribution is -0.143. The fraction of sp³-hybridized carbons (Fsp3) is 0.944. The van der Waals surface area contributed by atoms with Crippen LogP contribution in [0.5, 0.6) is 0 Å². The molecule has 0 aromatic rings. The highest BCUT2D eigenvalue weighted by molar-refractivity contribution is 7.99. The zero-order valence-corrected chi connectivity index (χ0v) is 18.7. The maximum atomic E-state index is 12.2. The molecule has 0 radical (unpaired) electrons. The van der Waals surface area contributed by atoms with Crippen LogP contribution >= 0.6 is 11.8 Å². The van der Waals surface area contributed by atoms with Gasteiger partial charge >= 0.3 is 0 Å². The highest BCUT2D eigenvalue weighted by Gasteiger charge is 2.48. The number of carbonyl (C=O) groups excluding carboxylic acids is 1. The first-order valence-electron chi connectivity index (χ1n) is 9.42. The Labute approximate surface area is 159 Å². The summed E-state index contributed by atoms with van der Waals surface area (Å²) in [7, 11) is -1.12. The number of hydrogen-bond donors (Lipinski definition) is 2. The SMILES string of the molecule is CCOCCSCC(O)C[C@H]1NC(=O)[C@H]1[C@H](CO[SiH](C)C)C(C)(C)C. The van der Waals surface area contributed by atoms with Gasteiger partial charge in [0.2, 0.25) is 5.91 Å². The van der Waals surface area contributed by atoms with Crippen LogP contribution in [-0.4, -0.2) is 63.5 Å². The molecule has 5 nitrogen and oxygen atoms in total. The fourth-order valence-electron chi connectivity index (χ4n) is 3.16. The Bertz CT molecular complexity index is 403. The lowest BCUT2D eigenvalue weighted by Crippen LogP contribution is -2.64. The molecule has 0 saturated carbocycles. The van der Waals surface area contributed by atoms with E-state index in [1.54, 1.807) is 11.8 Å². The van der Waals surface area contributed by atoms with Crippen LogP contribution in [0.2, 0.25) is 13.1 Å². The molecular formula is C18H37NO4SSi. The molecule has 1 aliphatic rings. The van der Waals surface area contributed by atoms with Crippen LogP contribution in [0, 0.1) is 17.3 Å². The van der Waals surface area contributed by atoms with Crippen LogP contribution in [0.15, 0.2) is 0 Å². The molecule has 1 aliphatic heterocycles. The second-order valence-corrected chi connectivity index (χ2v) is 11.7. The molecule has 25 heavy (non-hydrogen) atoms. The Kier molecular flexibility index (Phi) is 10.0. The summed E-state index contributed by atoms with van der Waals surface area (Å²) in [6.07, 6.45) is 0.213. The van der Waals surface area contributed by atoms with E-state index in [1.165, 1.54) is 0 Å². The maximum Gasteiger partial charge on any atom is 0.225 e. The van der Waals surface area contributed by atoms with E-state index in [2.05, 4.69) is 39.2 Å². The number of aliphatic hydroxyl groups is 1. The summed E-state index contributed by atoms with van der Waals surface area (Å²) in [6.45, 7) is 14.9. The van der Waals surface area contributed by atoms with Crippen molar-refractivity contribution >= 4 is 26.7 Å². The maximum absolute atomic E-state index is 12.2. The minimum Gasteiger partial charge on any atom is -0.420 e. The molecule has 0 aromatic carbocycles. The summed E-state index contributed by atoms with van der Waals surface area (Å²) in [4.78, 5) is 12.2. The monoisotopic (exact) mass is 391 g/mol. The van der Waals surface area contributed by atoms with Gasteiger partial charge in [-0.2, -0.15) is 11.8 Å². The average Bonchev–Trinajstić information content (AvgIpc) is 2.49. The largest absolute Gasteiger partial charge is 0.420 e. The van der Waals surface area contributed by atoms with E-state index in [4.69, 9.17) is 9.16 Å². The van der Waals surface area contributed by atoms with Gasteiger partial charge in [-0.3, -0.25) is 4.79 Å². The third-order valence-corrected chi connectivity index (χ3v) is 6.57. The molecule has 0 aromatic heterocycles. The molecule has 7 heteroatoms. The molecule has 2 N–H and O–H groups in total. The third kappa shape index (κ3) is 7.99. The number of nitrogens with one attached hydrogen (secondary N) is 1. The Morgan fingerprint density at radius 3 is 2.56 bits per heavy atom. The zero-order valence-electron chi connectivity index (χ0n) is 16.7. The van der Waals surface area contributed by atoms with Crippen molar-refractivity contribution in [3.63, 3.8) is 0 Å². The number of amides is 1. The second kappa shape index (κ2) is 10.9. The minimum atomic E-state index is -1.12. The molecule has 0 bridgehead atoms. The molecule has 1 fully saturated rings. The first kappa shape index (κ1) is 23.0. The Hall–Kier alpha value is -0.0831. The predicted octanol–water partition coefficient (Wildman–Crippen LogP) is 2.28. The quantitative estimate of drug-likeness (QED) is 0.303. The van der Waals surface area contributed by atoms with Crippen molar-refractivity contribution in [3.05, 3.63) is 0 Å². The van der Waals surface area contributed by atoms with Crippen LogP contribution in [0.1, 0.15) is 34.1 Å². The fourth-order valence-corrected chi connectivity index (χ4v) is 4.56. The summed E-state index contributed by atoms with van der Waals surface area (Å²) in [6, 6.07) is 0.0524. The zero-order chi connectivity index (χ0) is 19.0. The van der Waals surface area contributed by atoms with Crippen molar-refractivity contribution in [3.8, 4) is 0 Å². The summed E-state index contributed by atoms with van der Waals surface area (Å²) < 4.78 is 11.3. The van der Waals surface area contributed by atoms with Gasteiger partial charge in [0, 0.05) is 30.8 Å². The number of ether oxygens (including phenoxy) is 1. The molecule has 1 amide bonds. The van der Waals surface area contributed by atoms with Gasteiger partial charge in [0.15, 0.2) is 9.04 Å². The molecule has 148 valence electrons. The van der Waals surface area contributed by atoms with Gasteiger partial charge in [0.05, 0.1) is 18.6 Å². The molecule has 1 rings (SSSR count). The summed E-state index contributed by atoms with van der Waals surface area (Å²) in [5.74, 6) is 1.80. The average molecular weight is 392 g/mol. The van der Waals surface area contributed by atoms with E-state index in [9.17, 15) is 9.90 Å². The van der Waals surface area contributed by atoms with Crippen LogP contribution in [-0.2, 0) is 14.0 Å². The lowest BCUT2D eigenvalue weighted by atomic mass is 9.66. The highest BCUT2D eigenvalue weighted by Crippen LogP contribution is 2.39. The molecule has 1 saturated heterocycles. The van der Waals surface area contributed by atoms with E-state index in [1.807, 2.05) is 6.92 Å². The molecule has 1 unspecified atom stereocenters. The van der Waals surface area contributed by atoms with Gasteiger partial charge < -0.3 is 19.6 Å². The first-order chi connectivity index (χ1) is 11.7. The standard InChI is InChI=1S/C18H37NO4SSi/c1-7-22-8-9-24-12-13(20)10-15-16(17(21)19-15)14(18(2,3)4)11-23-25(5)6/h13-16,20,25H,7-12H2,1-6H3,(H,19,21)/t13?,14-,15+,16-/m0/s1. The Morgan fingerprint density at radius 2 is 2.04 bits per heavy atom. The lowest BCUT2D eigenvalue weighted by Gasteiger charge is -2.47. The van der Waals surface area contributed by atoms with Gasteiger partial charge in [-0.25, -0.2) is 0 Å². The number of β-lactam (4-membered cyclic amide) rings is 1. The van der Waals surface area contributed by atoms with E-state index < -0.39 is 15.1 Å². The van der Waals surface area contributed by atoms with E-state index >= 15 is 0 Å². The Balaban J connectivity index is 2.52. The van der Waals surface area contributed by atoms with Gasteiger partial charge in [-0.15, -0.1) is 0 Å². The molecule has 0 spiro atoms. The number of rotatable bonds is 12. The minimum absolute atomic E-state index is 0.00115. The molecule has 0 aliphatic carbocycles. The molecular weight excluding hydrogens is 354 g/mol. The molecule has 1 heterocycles. The number of thioether (sulfide) groups is 1. The third-order valence-electron chi connectivity index (χ3n) is 4.63. The van der Waals surface area contributed by atoms with Crippen molar-refractivity contribution in [2.24, 2.45) is 17.3 Å².